The number of amides is 1. The average Bonchev–Trinajstić information content (AvgIpc) is 3.23. The van der Waals surface area contributed by atoms with Crippen molar-refractivity contribution < 1.29 is 22.4 Å². The highest BCUT2D eigenvalue weighted by atomic mass is 79.9. The van der Waals surface area contributed by atoms with Gasteiger partial charge in [0.25, 0.3) is 5.91 Å². The molecule has 1 aliphatic rings. The van der Waals surface area contributed by atoms with Crippen LogP contribution in [-0.4, -0.2) is 30.1 Å². The van der Waals surface area contributed by atoms with Gasteiger partial charge in [-0.15, -0.1) is 0 Å². The third kappa shape index (κ3) is 5.56. The van der Waals surface area contributed by atoms with E-state index in [2.05, 4.69) is 15.9 Å². The van der Waals surface area contributed by atoms with Crippen LogP contribution in [0.2, 0.25) is 15.1 Å². The molecule has 1 fully saturated rings. The summed E-state index contributed by atoms with van der Waals surface area (Å²) in [5.41, 5.74) is -0.130. The Kier molecular flexibility index (Phi) is 7.62. The van der Waals surface area contributed by atoms with Crippen LogP contribution < -0.4 is 0 Å². The molecule has 0 N–H and O–H groups in total. The fraction of sp³-hybridized carbons (Fsp3) is 0.286. The highest BCUT2D eigenvalue weighted by molar-refractivity contribution is 9.10. The molecule has 2 aromatic rings. The predicted molar refractivity (Wildman–Crippen MR) is 119 cm³/mol. The molecule has 166 valence electrons. The van der Waals surface area contributed by atoms with Gasteiger partial charge in [-0.2, -0.15) is 13.2 Å². The molecule has 1 amide bonds. The Morgan fingerprint density at radius 3 is 2.16 bits per heavy atom. The van der Waals surface area contributed by atoms with E-state index in [0.29, 0.717) is 29.2 Å². The lowest BCUT2D eigenvalue weighted by Gasteiger charge is -2.19. The number of nitrogens with zero attached hydrogens (tertiary/aromatic N) is 1. The minimum absolute atomic E-state index is 0.0837. The molecule has 0 bridgehead atoms. The van der Waals surface area contributed by atoms with Crippen molar-refractivity contribution in [3.05, 3.63) is 72.6 Å². The number of hydrogen-bond acceptors (Lipinski definition) is 1. The third-order valence-electron chi connectivity index (χ3n) is 4.90. The minimum Gasteiger partial charge on any atom is -0.339 e. The Hall–Kier alpha value is -1.28. The molecule has 3 rings (SSSR count). The monoisotopic (exact) mass is 557 g/mol. The van der Waals surface area contributed by atoms with Crippen molar-refractivity contribution in [2.24, 2.45) is 0 Å². The quantitative estimate of drug-likeness (QED) is 0.273. The molecule has 0 radical (unpaired) electrons. The van der Waals surface area contributed by atoms with E-state index >= 15 is 0 Å². The summed E-state index contributed by atoms with van der Waals surface area (Å²) in [6, 6.07) is 5.96. The van der Waals surface area contributed by atoms with Crippen LogP contribution in [0.3, 0.4) is 0 Å². The first-order valence-electron chi connectivity index (χ1n) is 9.16. The molecule has 0 aliphatic carbocycles. The van der Waals surface area contributed by atoms with Crippen LogP contribution in [0.15, 0.2) is 40.9 Å². The van der Waals surface area contributed by atoms with E-state index < -0.39 is 17.9 Å². The molecule has 31 heavy (non-hydrogen) atoms. The summed E-state index contributed by atoms with van der Waals surface area (Å²) >= 11 is 20.7. The number of carbonyl (C=O) groups excluding carboxylic acids is 1. The lowest BCUT2D eigenvalue weighted by molar-refractivity contribution is -0.139. The second-order valence-corrected chi connectivity index (χ2v) is 9.07. The Labute approximate surface area is 199 Å². The molecule has 0 spiro atoms. The molecule has 0 saturated carbocycles. The summed E-state index contributed by atoms with van der Waals surface area (Å²) < 4.78 is 56.2. The summed E-state index contributed by atoms with van der Waals surface area (Å²) in [6.45, 7) is 1.28. The van der Waals surface area contributed by atoms with E-state index in [-0.39, 0.29) is 32.1 Å². The lowest BCUT2D eigenvalue weighted by Crippen LogP contribution is -2.27. The smallest absolute Gasteiger partial charge is 0.339 e. The first-order valence-corrected chi connectivity index (χ1v) is 11.1. The second-order valence-electron chi connectivity index (χ2n) is 7.03. The van der Waals surface area contributed by atoms with Crippen molar-refractivity contribution in [2.45, 2.75) is 24.9 Å². The summed E-state index contributed by atoms with van der Waals surface area (Å²) in [5, 5.41) is -0.417. The SMILES string of the molecule is O=C(c1ccc(C(F)=CC(c2cc(Cl)c(Cl)c(Cl)c2)C(F)(F)F)cc1Br)N1CCCC1. The molecule has 1 atom stereocenters. The summed E-state index contributed by atoms with van der Waals surface area (Å²) in [6.07, 6.45) is -2.53. The molecule has 10 heteroatoms. The van der Waals surface area contributed by atoms with Crippen molar-refractivity contribution >= 4 is 62.5 Å². The fourth-order valence-corrected chi connectivity index (χ4v) is 4.47. The number of likely N-dealkylation sites (tertiary alicyclic amines) is 1. The standard InChI is InChI=1S/C21H15BrCl3F4NO/c22-15-7-11(3-4-13(15)20(31)30-5-1-2-6-30)18(26)10-14(21(27,28)29)12-8-16(23)19(25)17(24)9-12/h3-4,7-10,14H,1-2,5-6H2. The Morgan fingerprint density at radius 2 is 1.65 bits per heavy atom. The molecular weight excluding hydrogens is 544 g/mol. The van der Waals surface area contributed by atoms with Crippen LogP contribution in [0, 0.1) is 0 Å². The Bertz CT molecular complexity index is 1010. The molecule has 1 saturated heterocycles. The van der Waals surface area contributed by atoms with Gasteiger partial charge in [0.2, 0.25) is 0 Å². The van der Waals surface area contributed by atoms with Crippen molar-refractivity contribution in [3.8, 4) is 0 Å². The number of allylic oxidation sites excluding steroid dienone is 1. The Balaban J connectivity index is 1.95. The number of alkyl halides is 3. The maximum absolute atomic E-state index is 14.8. The van der Waals surface area contributed by atoms with Gasteiger partial charge in [-0.05, 0) is 64.7 Å². The first-order chi connectivity index (χ1) is 14.5. The minimum atomic E-state index is -4.80. The van der Waals surface area contributed by atoms with Crippen molar-refractivity contribution in [2.75, 3.05) is 13.1 Å². The largest absolute Gasteiger partial charge is 0.399 e. The van der Waals surface area contributed by atoms with Crippen LogP contribution >= 0.6 is 50.7 Å². The first kappa shape index (κ1) is 24.4. The van der Waals surface area contributed by atoms with E-state index in [0.717, 1.165) is 25.0 Å². The zero-order valence-electron chi connectivity index (χ0n) is 15.7. The predicted octanol–water partition coefficient (Wildman–Crippen LogP) is 8.30. The second kappa shape index (κ2) is 9.69. The highest BCUT2D eigenvalue weighted by Crippen LogP contribution is 2.42. The summed E-state index contributed by atoms with van der Waals surface area (Å²) in [5.74, 6) is -3.62. The average molecular weight is 560 g/mol. The van der Waals surface area contributed by atoms with Gasteiger partial charge in [0, 0.05) is 23.1 Å². The molecule has 0 aromatic heterocycles. The van der Waals surface area contributed by atoms with Gasteiger partial charge >= 0.3 is 6.18 Å². The number of halogens is 8. The van der Waals surface area contributed by atoms with Gasteiger partial charge in [0.1, 0.15) is 11.7 Å². The number of benzene rings is 2. The number of hydrogen-bond donors (Lipinski definition) is 0. The van der Waals surface area contributed by atoms with Crippen molar-refractivity contribution in [3.63, 3.8) is 0 Å². The zero-order chi connectivity index (χ0) is 22.9. The van der Waals surface area contributed by atoms with Crippen molar-refractivity contribution in [1.82, 2.24) is 4.90 Å². The topological polar surface area (TPSA) is 20.3 Å². The van der Waals surface area contributed by atoms with E-state index in [4.69, 9.17) is 34.8 Å². The maximum Gasteiger partial charge on any atom is 0.399 e. The normalized spacial score (nSPS) is 16.0. The van der Waals surface area contributed by atoms with Crippen LogP contribution in [0.4, 0.5) is 17.6 Å². The lowest BCUT2D eigenvalue weighted by atomic mass is 9.96. The fourth-order valence-electron chi connectivity index (χ4n) is 3.30. The number of rotatable bonds is 4. The van der Waals surface area contributed by atoms with Crippen LogP contribution in [0.1, 0.15) is 40.2 Å². The third-order valence-corrected chi connectivity index (χ3v) is 6.75. The number of carbonyl (C=O) groups is 1. The van der Waals surface area contributed by atoms with Gasteiger partial charge in [0.05, 0.1) is 20.6 Å². The van der Waals surface area contributed by atoms with E-state index in [1.54, 1.807) is 4.90 Å². The molecule has 2 aromatic carbocycles. The van der Waals surface area contributed by atoms with Gasteiger partial charge in [-0.25, -0.2) is 4.39 Å². The van der Waals surface area contributed by atoms with Gasteiger partial charge in [0.15, 0.2) is 0 Å². The zero-order valence-corrected chi connectivity index (χ0v) is 19.6. The van der Waals surface area contributed by atoms with Gasteiger partial charge in [-0.1, -0.05) is 40.9 Å². The summed E-state index contributed by atoms with van der Waals surface area (Å²) in [4.78, 5) is 14.2. The van der Waals surface area contributed by atoms with Gasteiger partial charge < -0.3 is 4.90 Å². The van der Waals surface area contributed by atoms with E-state index in [1.807, 2.05) is 0 Å². The van der Waals surface area contributed by atoms with Crippen molar-refractivity contribution in [1.29, 1.82) is 0 Å². The maximum atomic E-state index is 14.8. The molecule has 1 unspecified atom stereocenters. The van der Waals surface area contributed by atoms with Crippen LogP contribution in [0.25, 0.3) is 5.83 Å². The molecule has 1 heterocycles. The van der Waals surface area contributed by atoms with Gasteiger partial charge in [-0.3, -0.25) is 4.79 Å². The molecular formula is C21H15BrCl3F4NO. The Morgan fingerprint density at radius 1 is 1.06 bits per heavy atom. The van der Waals surface area contributed by atoms with E-state index in [9.17, 15) is 22.4 Å². The van der Waals surface area contributed by atoms with Crippen LogP contribution in [0.5, 0.6) is 0 Å². The van der Waals surface area contributed by atoms with E-state index in [1.165, 1.54) is 18.2 Å². The summed E-state index contributed by atoms with van der Waals surface area (Å²) in [7, 11) is 0. The van der Waals surface area contributed by atoms with Crippen LogP contribution in [-0.2, 0) is 0 Å². The molecule has 2 nitrogen and oxygen atoms in total. The highest BCUT2D eigenvalue weighted by Gasteiger charge is 2.40. The molecule has 1 aliphatic heterocycles.